The summed E-state index contributed by atoms with van der Waals surface area (Å²) >= 11 is 0. The SMILES string of the molecule is Cc1ccc([C@H]2CN(Cc3cccn3C)C[C@H]2CN(C(=O)c2ccccc2)C(C)C)cc1. The van der Waals surface area contributed by atoms with Crippen LogP contribution in [-0.4, -0.2) is 46.0 Å². The van der Waals surface area contributed by atoms with Crippen LogP contribution in [0.1, 0.15) is 46.9 Å². The summed E-state index contributed by atoms with van der Waals surface area (Å²) in [5, 5.41) is 0. The number of nitrogens with zero attached hydrogens (tertiary/aromatic N) is 3. The number of aryl methyl sites for hydroxylation is 2. The van der Waals surface area contributed by atoms with Crippen molar-refractivity contribution in [3.8, 4) is 0 Å². The summed E-state index contributed by atoms with van der Waals surface area (Å²) in [6, 6.07) is 23.1. The quantitative estimate of drug-likeness (QED) is 0.523. The van der Waals surface area contributed by atoms with Gasteiger partial charge in [0.25, 0.3) is 5.91 Å². The molecule has 1 fully saturated rings. The summed E-state index contributed by atoms with van der Waals surface area (Å²) < 4.78 is 2.20. The summed E-state index contributed by atoms with van der Waals surface area (Å²) in [6.07, 6.45) is 2.11. The minimum atomic E-state index is 0.129. The molecular weight excluding hydrogens is 394 g/mol. The minimum absolute atomic E-state index is 0.129. The van der Waals surface area contributed by atoms with Crippen LogP contribution >= 0.6 is 0 Å². The van der Waals surface area contributed by atoms with Crippen LogP contribution in [0, 0.1) is 12.8 Å². The van der Waals surface area contributed by atoms with Gasteiger partial charge in [0.1, 0.15) is 0 Å². The third kappa shape index (κ3) is 4.97. The molecule has 0 unspecified atom stereocenters. The molecule has 1 aliphatic rings. The maximum absolute atomic E-state index is 13.4. The number of rotatable bonds is 7. The van der Waals surface area contributed by atoms with Crippen LogP contribution in [0.4, 0.5) is 0 Å². The Balaban J connectivity index is 1.58. The second kappa shape index (κ2) is 9.74. The van der Waals surface area contributed by atoms with E-state index in [1.807, 2.05) is 30.3 Å². The molecule has 168 valence electrons. The van der Waals surface area contributed by atoms with Crippen molar-refractivity contribution >= 4 is 5.91 Å². The topological polar surface area (TPSA) is 28.5 Å². The van der Waals surface area contributed by atoms with Gasteiger partial charge in [-0.15, -0.1) is 0 Å². The van der Waals surface area contributed by atoms with Crippen molar-refractivity contribution in [1.82, 2.24) is 14.4 Å². The predicted octanol–water partition coefficient (Wildman–Crippen LogP) is 5.10. The highest BCUT2D eigenvalue weighted by Crippen LogP contribution is 2.35. The van der Waals surface area contributed by atoms with E-state index in [4.69, 9.17) is 0 Å². The Morgan fingerprint density at radius 2 is 1.72 bits per heavy atom. The number of hydrogen-bond donors (Lipinski definition) is 0. The summed E-state index contributed by atoms with van der Waals surface area (Å²) in [4.78, 5) is 18.0. The molecule has 0 bridgehead atoms. The van der Waals surface area contributed by atoms with Crippen LogP contribution in [0.5, 0.6) is 0 Å². The van der Waals surface area contributed by atoms with Crippen LogP contribution < -0.4 is 0 Å². The van der Waals surface area contributed by atoms with Crippen molar-refractivity contribution in [2.45, 2.75) is 39.3 Å². The molecule has 3 aromatic rings. The van der Waals surface area contributed by atoms with E-state index in [-0.39, 0.29) is 11.9 Å². The largest absolute Gasteiger partial charge is 0.353 e. The summed E-state index contributed by atoms with van der Waals surface area (Å²) in [5.74, 6) is 0.942. The molecule has 1 amide bonds. The van der Waals surface area contributed by atoms with Gasteiger partial charge < -0.3 is 9.47 Å². The molecule has 1 aliphatic heterocycles. The smallest absolute Gasteiger partial charge is 0.254 e. The van der Waals surface area contributed by atoms with E-state index in [0.717, 1.165) is 31.7 Å². The highest BCUT2D eigenvalue weighted by molar-refractivity contribution is 5.94. The fraction of sp³-hybridized carbons (Fsp3) is 0.393. The minimum Gasteiger partial charge on any atom is -0.353 e. The molecule has 4 nitrogen and oxygen atoms in total. The molecule has 0 N–H and O–H groups in total. The van der Waals surface area contributed by atoms with Gasteiger partial charge >= 0.3 is 0 Å². The third-order valence-electron chi connectivity index (χ3n) is 6.80. The fourth-order valence-corrected chi connectivity index (χ4v) is 4.88. The number of benzene rings is 2. The van der Waals surface area contributed by atoms with E-state index in [9.17, 15) is 4.79 Å². The van der Waals surface area contributed by atoms with Gasteiger partial charge in [-0.05, 0) is 56.5 Å². The molecule has 1 aromatic heterocycles. The average molecular weight is 430 g/mol. The molecule has 0 saturated carbocycles. The highest BCUT2D eigenvalue weighted by atomic mass is 16.2. The Hall–Kier alpha value is -2.85. The molecule has 2 aromatic carbocycles. The zero-order chi connectivity index (χ0) is 22.7. The number of hydrogen-bond acceptors (Lipinski definition) is 2. The maximum atomic E-state index is 13.4. The first-order valence-corrected chi connectivity index (χ1v) is 11.7. The van der Waals surface area contributed by atoms with E-state index in [1.165, 1.54) is 16.8 Å². The van der Waals surface area contributed by atoms with Crippen molar-refractivity contribution in [3.63, 3.8) is 0 Å². The Bertz CT molecular complexity index is 1020. The lowest BCUT2D eigenvalue weighted by atomic mass is 9.88. The lowest BCUT2D eigenvalue weighted by molar-refractivity contribution is 0.0668. The van der Waals surface area contributed by atoms with Crippen LogP contribution in [0.2, 0.25) is 0 Å². The Morgan fingerprint density at radius 3 is 2.34 bits per heavy atom. The molecule has 32 heavy (non-hydrogen) atoms. The van der Waals surface area contributed by atoms with Gasteiger partial charge in [-0.25, -0.2) is 0 Å². The number of carbonyl (C=O) groups excluding carboxylic acids is 1. The van der Waals surface area contributed by atoms with Crippen molar-refractivity contribution < 1.29 is 4.79 Å². The fourth-order valence-electron chi connectivity index (χ4n) is 4.88. The van der Waals surface area contributed by atoms with Gasteiger partial charge in [0.2, 0.25) is 0 Å². The Labute approximate surface area is 192 Å². The van der Waals surface area contributed by atoms with Gasteiger partial charge in [0.05, 0.1) is 0 Å². The molecule has 2 heterocycles. The predicted molar refractivity (Wildman–Crippen MR) is 131 cm³/mol. The van der Waals surface area contributed by atoms with E-state index in [0.29, 0.717) is 11.8 Å². The molecule has 4 heteroatoms. The average Bonchev–Trinajstić information content (AvgIpc) is 3.38. The summed E-state index contributed by atoms with van der Waals surface area (Å²) in [7, 11) is 2.11. The van der Waals surface area contributed by atoms with Crippen LogP contribution in [0.15, 0.2) is 72.9 Å². The number of likely N-dealkylation sites (tertiary alicyclic amines) is 1. The molecular formula is C28H35N3O. The number of amides is 1. The van der Waals surface area contributed by atoms with Gasteiger partial charge in [-0.3, -0.25) is 9.69 Å². The molecule has 2 atom stereocenters. The second-order valence-corrected chi connectivity index (χ2v) is 9.50. The Morgan fingerprint density at radius 1 is 1.00 bits per heavy atom. The maximum Gasteiger partial charge on any atom is 0.254 e. The van der Waals surface area contributed by atoms with Crippen molar-refractivity contribution in [1.29, 1.82) is 0 Å². The van der Waals surface area contributed by atoms with Gasteiger partial charge in [0.15, 0.2) is 0 Å². The van der Waals surface area contributed by atoms with Crippen molar-refractivity contribution in [3.05, 3.63) is 95.3 Å². The number of carbonyl (C=O) groups is 1. The molecule has 1 saturated heterocycles. The first-order valence-electron chi connectivity index (χ1n) is 11.7. The summed E-state index contributed by atoms with van der Waals surface area (Å²) in [6.45, 7) is 10.1. The Kier molecular flexibility index (Phi) is 6.80. The van der Waals surface area contributed by atoms with Crippen molar-refractivity contribution in [2.24, 2.45) is 13.0 Å². The number of aromatic nitrogens is 1. The van der Waals surface area contributed by atoms with Crippen LogP contribution in [0.3, 0.4) is 0 Å². The zero-order valence-electron chi connectivity index (χ0n) is 19.7. The van der Waals surface area contributed by atoms with Gasteiger partial charge in [-0.1, -0.05) is 48.0 Å². The van der Waals surface area contributed by atoms with E-state index < -0.39 is 0 Å². The van der Waals surface area contributed by atoms with Crippen molar-refractivity contribution in [2.75, 3.05) is 19.6 Å². The van der Waals surface area contributed by atoms with Crippen LogP contribution in [-0.2, 0) is 13.6 Å². The molecule has 0 spiro atoms. The molecule has 0 aliphatic carbocycles. The third-order valence-corrected chi connectivity index (χ3v) is 6.80. The first-order chi connectivity index (χ1) is 15.4. The lowest BCUT2D eigenvalue weighted by Gasteiger charge is -2.32. The van der Waals surface area contributed by atoms with E-state index in [1.54, 1.807) is 0 Å². The van der Waals surface area contributed by atoms with E-state index >= 15 is 0 Å². The zero-order valence-corrected chi connectivity index (χ0v) is 19.7. The molecule has 0 radical (unpaired) electrons. The lowest BCUT2D eigenvalue weighted by Crippen LogP contribution is -2.42. The standard InChI is InChI=1S/C28H35N3O/c1-21(2)31(28(32)24-9-6-5-7-10-24)18-25-17-30(19-26-11-8-16-29(26)4)20-27(25)23-14-12-22(3)13-15-23/h5-16,21,25,27H,17-20H2,1-4H3/t25-,27+/m0/s1. The normalized spacial score (nSPS) is 18.9. The monoisotopic (exact) mass is 429 g/mol. The van der Waals surface area contributed by atoms with Crippen LogP contribution in [0.25, 0.3) is 0 Å². The van der Waals surface area contributed by atoms with E-state index in [2.05, 4.69) is 84.8 Å². The summed E-state index contributed by atoms with van der Waals surface area (Å²) in [5.41, 5.74) is 4.76. The second-order valence-electron chi connectivity index (χ2n) is 9.50. The first kappa shape index (κ1) is 22.3. The van der Waals surface area contributed by atoms with Gasteiger partial charge in [-0.2, -0.15) is 0 Å². The molecule has 4 rings (SSSR count). The highest BCUT2D eigenvalue weighted by Gasteiger charge is 2.36. The van der Waals surface area contributed by atoms with Gasteiger partial charge in [0, 0.05) is 62.6 Å².